The SMILES string of the molecule is COCCCN1/C(=C/C=C2\CCCC(/C=C/C3=[N+](CCCOC)c4ccc5cc(Cl)ccc5c4C3(C)C)=C2Br)C(C)(C)c2c1ccc1cc(Cl)ccc21. The van der Waals surface area contributed by atoms with Crippen molar-refractivity contribution >= 4 is 77.8 Å². The summed E-state index contributed by atoms with van der Waals surface area (Å²) >= 11 is 17.0. The molecule has 53 heavy (non-hydrogen) atoms. The highest BCUT2D eigenvalue weighted by Gasteiger charge is 2.45. The predicted octanol–water partition coefficient (Wildman–Crippen LogP) is 12.7. The van der Waals surface area contributed by atoms with Crippen LogP contribution in [0.1, 0.15) is 70.9 Å². The van der Waals surface area contributed by atoms with Gasteiger partial charge in [-0.25, -0.2) is 0 Å². The van der Waals surface area contributed by atoms with Crippen molar-refractivity contribution in [2.75, 3.05) is 45.4 Å². The lowest BCUT2D eigenvalue weighted by atomic mass is 9.78. The Kier molecular flexibility index (Phi) is 11.2. The van der Waals surface area contributed by atoms with Gasteiger partial charge in [0.1, 0.15) is 0 Å². The highest BCUT2D eigenvalue weighted by Crippen LogP contribution is 2.51. The van der Waals surface area contributed by atoms with Gasteiger partial charge in [-0.3, -0.25) is 0 Å². The molecule has 0 saturated heterocycles. The number of ether oxygens (including phenoxy) is 2. The Morgan fingerprint density at radius 1 is 0.774 bits per heavy atom. The van der Waals surface area contributed by atoms with E-state index in [4.69, 9.17) is 32.7 Å². The number of allylic oxidation sites excluding steroid dienone is 8. The van der Waals surface area contributed by atoms with Crippen LogP contribution < -0.4 is 4.90 Å². The average molecular weight is 814 g/mol. The van der Waals surface area contributed by atoms with Gasteiger partial charge in [-0.1, -0.05) is 83.3 Å². The summed E-state index contributed by atoms with van der Waals surface area (Å²) in [5.74, 6) is 0. The molecule has 0 fully saturated rings. The van der Waals surface area contributed by atoms with Crippen molar-refractivity contribution in [1.82, 2.24) is 0 Å². The Labute approximate surface area is 333 Å². The van der Waals surface area contributed by atoms with Gasteiger partial charge in [0.2, 0.25) is 5.69 Å². The first-order chi connectivity index (χ1) is 25.5. The molecule has 0 amide bonds. The van der Waals surface area contributed by atoms with Crippen molar-refractivity contribution in [1.29, 1.82) is 0 Å². The second-order valence-corrected chi connectivity index (χ2v) is 17.2. The molecule has 0 N–H and O–H groups in total. The van der Waals surface area contributed by atoms with Crippen molar-refractivity contribution in [2.45, 2.75) is 70.6 Å². The maximum atomic E-state index is 6.43. The lowest BCUT2D eigenvalue weighted by molar-refractivity contribution is -0.438. The van der Waals surface area contributed by atoms with Crippen LogP contribution in [-0.2, 0) is 20.3 Å². The largest absolute Gasteiger partial charge is 0.385 e. The standard InChI is InChI=1S/C46H50BrCl2N2O2/c1-45(2)40(50(24-8-26-52-5)38-20-12-32-28-34(48)16-18-36(32)42(38)45)22-14-30-10-7-11-31(44(30)47)15-23-41-46(3,4)43-37-19-17-35(49)29-33(37)13-21-39(43)51(41)25-9-27-53-6/h12-23,28-29H,7-11,24-27H2,1-6H3/q+1. The summed E-state index contributed by atoms with van der Waals surface area (Å²) in [6.07, 6.45) is 14.5. The van der Waals surface area contributed by atoms with Crippen LogP contribution in [0.3, 0.4) is 0 Å². The lowest BCUT2D eigenvalue weighted by Gasteiger charge is -2.27. The normalized spacial score (nSPS) is 19.5. The molecule has 0 atom stereocenters. The quantitative estimate of drug-likeness (QED) is 0.111. The molecule has 0 saturated carbocycles. The van der Waals surface area contributed by atoms with E-state index < -0.39 is 0 Å². The number of hydrogen-bond acceptors (Lipinski definition) is 3. The van der Waals surface area contributed by atoms with Gasteiger partial charge in [-0.05, 0) is 120 Å². The van der Waals surface area contributed by atoms with Crippen LogP contribution in [0.5, 0.6) is 0 Å². The van der Waals surface area contributed by atoms with Crippen molar-refractivity contribution in [3.05, 3.63) is 127 Å². The molecule has 1 aliphatic carbocycles. The molecule has 3 aliphatic rings. The van der Waals surface area contributed by atoms with Gasteiger partial charge in [0.15, 0.2) is 12.3 Å². The van der Waals surface area contributed by atoms with Crippen LogP contribution in [0.15, 0.2) is 106 Å². The number of nitrogens with zero attached hydrogens (tertiary/aromatic N) is 2. The zero-order chi connectivity index (χ0) is 37.5. The van der Waals surface area contributed by atoms with Crippen LogP contribution in [0.2, 0.25) is 10.0 Å². The lowest BCUT2D eigenvalue weighted by Crippen LogP contribution is -2.28. The van der Waals surface area contributed by atoms with E-state index in [-0.39, 0.29) is 10.8 Å². The van der Waals surface area contributed by atoms with Crippen LogP contribution in [0.25, 0.3) is 21.5 Å². The van der Waals surface area contributed by atoms with Gasteiger partial charge >= 0.3 is 0 Å². The molecule has 0 spiro atoms. The summed E-state index contributed by atoms with van der Waals surface area (Å²) in [6.45, 7) is 12.7. The van der Waals surface area contributed by atoms with Crippen molar-refractivity contribution < 1.29 is 14.0 Å². The molecule has 4 aromatic carbocycles. The number of rotatable bonds is 11. The molecule has 276 valence electrons. The Hall–Kier alpha value is -3.19. The summed E-state index contributed by atoms with van der Waals surface area (Å²) < 4.78 is 14.7. The average Bonchev–Trinajstić information content (AvgIpc) is 3.48. The first kappa shape index (κ1) is 38.1. The van der Waals surface area contributed by atoms with E-state index in [0.717, 1.165) is 68.5 Å². The maximum Gasteiger partial charge on any atom is 0.210 e. The minimum Gasteiger partial charge on any atom is -0.385 e. The maximum absolute atomic E-state index is 6.43. The van der Waals surface area contributed by atoms with E-state index in [1.54, 1.807) is 14.2 Å². The molecule has 7 heteroatoms. The summed E-state index contributed by atoms with van der Waals surface area (Å²) in [4.78, 5) is 2.51. The van der Waals surface area contributed by atoms with Gasteiger partial charge < -0.3 is 14.4 Å². The fourth-order valence-corrected chi connectivity index (χ4v) is 9.93. The molecule has 0 unspecified atom stereocenters. The molecule has 7 rings (SSSR count). The van der Waals surface area contributed by atoms with Crippen LogP contribution in [0.4, 0.5) is 11.4 Å². The number of methoxy groups -OCH3 is 2. The fraction of sp³-hybridized carbons (Fsp3) is 0.370. The van der Waals surface area contributed by atoms with Crippen molar-refractivity contribution in [2.24, 2.45) is 0 Å². The predicted molar refractivity (Wildman–Crippen MR) is 229 cm³/mol. The van der Waals surface area contributed by atoms with Crippen molar-refractivity contribution in [3.63, 3.8) is 0 Å². The van der Waals surface area contributed by atoms with E-state index in [0.29, 0.717) is 0 Å². The molecule has 2 aliphatic heterocycles. The topological polar surface area (TPSA) is 24.7 Å². The number of anilines is 1. The van der Waals surface area contributed by atoms with Crippen LogP contribution in [0, 0.1) is 0 Å². The number of benzene rings is 4. The molecule has 4 aromatic rings. The third-order valence-corrected chi connectivity index (χ3v) is 12.9. The number of halogens is 3. The fourth-order valence-electron chi connectivity index (χ4n) is 8.91. The first-order valence-electron chi connectivity index (χ1n) is 18.8. The van der Waals surface area contributed by atoms with Gasteiger partial charge in [0, 0.05) is 82.8 Å². The second-order valence-electron chi connectivity index (χ2n) is 15.6. The third-order valence-electron chi connectivity index (χ3n) is 11.4. The monoisotopic (exact) mass is 811 g/mol. The van der Waals surface area contributed by atoms with Crippen LogP contribution >= 0.6 is 39.1 Å². The summed E-state index contributed by atoms with van der Waals surface area (Å²) in [6, 6.07) is 21.5. The Balaban J connectivity index is 1.26. The van der Waals surface area contributed by atoms with E-state index in [9.17, 15) is 0 Å². The molecule has 0 aromatic heterocycles. The summed E-state index contributed by atoms with van der Waals surface area (Å²) in [5.41, 5.74) is 10.2. The Morgan fingerprint density at radius 3 is 2.13 bits per heavy atom. The smallest absolute Gasteiger partial charge is 0.210 e. The highest BCUT2D eigenvalue weighted by atomic mass is 79.9. The van der Waals surface area contributed by atoms with Gasteiger partial charge in [-0.2, -0.15) is 4.58 Å². The zero-order valence-corrected chi connectivity index (χ0v) is 34.9. The van der Waals surface area contributed by atoms with E-state index in [2.05, 4.69) is 126 Å². The van der Waals surface area contributed by atoms with E-state index in [1.165, 1.54) is 71.1 Å². The van der Waals surface area contributed by atoms with Gasteiger partial charge in [0.25, 0.3) is 0 Å². The van der Waals surface area contributed by atoms with Gasteiger partial charge in [-0.15, -0.1) is 0 Å². The molecule has 2 heterocycles. The summed E-state index contributed by atoms with van der Waals surface area (Å²) in [5, 5.41) is 6.41. The molecular formula is C46H50BrCl2N2O2+. The Bertz CT molecular complexity index is 2240. The number of hydrogen-bond donors (Lipinski definition) is 0. The highest BCUT2D eigenvalue weighted by molar-refractivity contribution is 9.12. The van der Waals surface area contributed by atoms with E-state index in [1.807, 2.05) is 12.1 Å². The molecule has 4 nitrogen and oxygen atoms in total. The molecule has 0 radical (unpaired) electrons. The number of fused-ring (bicyclic) bond motifs is 6. The van der Waals surface area contributed by atoms with Crippen molar-refractivity contribution in [3.8, 4) is 0 Å². The van der Waals surface area contributed by atoms with Gasteiger partial charge in [0.05, 0.1) is 12.0 Å². The zero-order valence-electron chi connectivity index (χ0n) is 31.8. The van der Waals surface area contributed by atoms with E-state index >= 15 is 0 Å². The third kappa shape index (κ3) is 7.09. The summed E-state index contributed by atoms with van der Waals surface area (Å²) in [7, 11) is 3.56. The second kappa shape index (κ2) is 15.5. The molecule has 0 bridgehead atoms. The minimum atomic E-state index is -0.193. The minimum absolute atomic E-state index is 0.193. The first-order valence-corrected chi connectivity index (χ1v) is 20.4. The molecular weight excluding hydrogens is 763 g/mol. The Morgan fingerprint density at radius 2 is 1.43 bits per heavy atom. The van der Waals surface area contributed by atoms with Crippen LogP contribution in [-0.4, -0.2) is 50.8 Å².